The summed E-state index contributed by atoms with van der Waals surface area (Å²) in [6.45, 7) is 0.549. The summed E-state index contributed by atoms with van der Waals surface area (Å²) in [6, 6.07) is 10.5. The predicted octanol–water partition coefficient (Wildman–Crippen LogP) is 3.67. The molecule has 4 nitrogen and oxygen atoms in total. The van der Waals surface area contributed by atoms with Crippen molar-refractivity contribution in [2.45, 2.75) is 6.54 Å². The number of ether oxygens (including phenoxy) is 2. The van der Waals surface area contributed by atoms with Gasteiger partial charge in [-0.1, -0.05) is 23.7 Å². The molecule has 0 amide bonds. The first-order valence-corrected chi connectivity index (χ1v) is 6.45. The predicted molar refractivity (Wildman–Crippen MR) is 80.0 cm³/mol. The van der Waals surface area contributed by atoms with Crippen LogP contribution in [-0.2, 0) is 6.54 Å². The van der Waals surface area contributed by atoms with Crippen molar-refractivity contribution in [1.29, 1.82) is 0 Å². The van der Waals surface area contributed by atoms with Gasteiger partial charge in [-0.3, -0.25) is 0 Å². The van der Waals surface area contributed by atoms with Crippen LogP contribution in [-0.4, -0.2) is 19.3 Å². The maximum atomic E-state index is 9.43. The highest BCUT2D eigenvalue weighted by Crippen LogP contribution is 2.36. The minimum Gasteiger partial charge on any atom is -0.508 e. The van der Waals surface area contributed by atoms with Gasteiger partial charge in [-0.15, -0.1) is 0 Å². The molecule has 0 heterocycles. The third-order valence-electron chi connectivity index (χ3n) is 2.87. The number of aromatic hydroxyl groups is 1. The summed E-state index contributed by atoms with van der Waals surface area (Å²) in [4.78, 5) is 0. The summed E-state index contributed by atoms with van der Waals surface area (Å²) in [6.07, 6.45) is 0. The second-order valence-electron chi connectivity index (χ2n) is 4.21. The molecule has 2 rings (SSSR count). The van der Waals surface area contributed by atoms with Gasteiger partial charge in [-0.05, 0) is 23.8 Å². The summed E-state index contributed by atoms with van der Waals surface area (Å²) >= 11 is 6.10. The molecule has 2 aromatic carbocycles. The van der Waals surface area contributed by atoms with Gasteiger partial charge >= 0.3 is 0 Å². The molecule has 0 aliphatic carbocycles. The Morgan fingerprint density at radius 1 is 1.10 bits per heavy atom. The first kappa shape index (κ1) is 14.3. The number of benzene rings is 2. The van der Waals surface area contributed by atoms with E-state index in [4.69, 9.17) is 21.1 Å². The molecule has 0 saturated carbocycles. The number of nitrogens with one attached hydrogen (secondary N) is 1. The molecule has 2 aromatic rings. The molecular formula is C15H16ClNO3. The third kappa shape index (κ3) is 3.27. The van der Waals surface area contributed by atoms with Gasteiger partial charge in [0.25, 0.3) is 0 Å². The first-order chi connectivity index (χ1) is 9.63. The van der Waals surface area contributed by atoms with E-state index in [1.54, 1.807) is 44.6 Å². The summed E-state index contributed by atoms with van der Waals surface area (Å²) < 4.78 is 10.5. The fraction of sp³-hybridized carbons (Fsp3) is 0.200. The second-order valence-corrected chi connectivity index (χ2v) is 4.62. The number of hydrogen-bond donors (Lipinski definition) is 2. The van der Waals surface area contributed by atoms with E-state index >= 15 is 0 Å². The van der Waals surface area contributed by atoms with Crippen LogP contribution >= 0.6 is 11.6 Å². The Morgan fingerprint density at radius 3 is 2.50 bits per heavy atom. The Labute approximate surface area is 122 Å². The molecule has 0 aliphatic heterocycles. The van der Waals surface area contributed by atoms with Crippen molar-refractivity contribution in [2.75, 3.05) is 19.5 Å². The van der Waals surface area contributed by atoms with Gasteiger partial charge < -0.3 is 19.9 Å². The van der Waals surface area contributed by atoms with E-state index in [9.17, 15) is 5.11 Å². The minimum atomic E-state index is 0.240. The molecule has 0 unspecified atom stereocenters. The quantitative estimate of drug-likeness (QED) is 0.883. The Hall–Kier alpha value is -2.07. The van der Waals surface area contributed by atoms with Gasteiger partial charge in [0.1, 0.15) is 17.2 Å². The number of rotatable bonds is 5. The van der Waals surface area contributed by atoms with E-state index in [2.05, 4.69) is 5.32 Å². The van der Waals surface area contributed by atoms with Gasteiger partial charge in [0.05, 0.1) is 24.9 Å². The minimum absolute atomic E-state index is 0.240. The SMILES string of the molecule is COc1cc(OC)c(NCc2cccc(O)c2)cc1Cl. The van der Waals surface area contributed by atoms with Crippen LogP contribution in [0.5, 0.6) is 17.2 Å². The molecular weight excluding hydrogens is 278 g/mol. The Morgan fingerprint density at radius 2 is 1.85 bits per heavy atom. The fourth-order valence-electron chi connectivity index (χ4n) is 1.86. The summed E-state index contributed by atoms with van der Waals surface area (Å²) in [5, 5.41) is 13.2. The molecule has 2 N–H and O–H groups in total. The summed E-state index contributed by atoms with van der Waals surface area (Å²) in [5.41, 5.74) is 1.72. The zero-order valence-corrected chi connectivity index (χ0v) is 12.1. The highest BCUT2D eigenvalue weighted by molar-refractivity contribution is 6.32. The number of methoxy groups -OCH3 is 2. The highest BCUT2D eigenvalue weighted by Gasteiger charge is 2.09. The number of anilines is 1. The number of phenols is 1. The Balaban J connectivity index is 2.18. The van der Waals surface area contributed by atoms with Gasteiger partial charge in [-0.2, -0.15) is 0 Å². The van der Waals surface area contributed by atoms with E-state index in [1.807, 2.05) is 6.07 Å². The lowest BCUT2D eigenvalue weighted by Gasteiger charge is -2.14. The van der Waals surface area contributed by atoms with Crippen molar-refractivity contribution >= 4 is 17.3 Å². The van der Waals surface area contributed by atoms with Gasteiger partial charge in [0.2, 0.25) is 0 Å². The highest BCUT2D eigenvalue weighted by atomic mass is 35.5. The molecule has 0 aromatic heterocycles. The van der Waals surface area contributed by atoms with Crippen LogP contribution in [0, 0.1) is 0 Å². The molecule has 0 saturated heterocycles. The van der Waals surface area contributed by atoms with Crippen LogP contribution in [0.2, 0.25) is 5.02 Å². The average molecular weight is 294 g/mol. The van der Waals surface area contributed by atoms with Crippen molar-refractivity contribution in [1.82, 2.24) is 0 Å². The van der Waals surface area contributed by atoms with Crippen LogP contribution in [0.3, 0.4) is 0 Å². The van der Waals surface area contributed by atoms with E-state index in [1.165, 1.54) is 0 Å². The van der Waals surface area contributed by atoms with Gasteiger partial charge in [0.15, 0.2) is 0 Å². The monoisotopic (exact) mass is 293 g/mol. The van der Waals surface area contributed by atoms with Crippen molar-refractivity contribution in [2.24, 2.45) is 0 Å². The van der Waals surface area contributed by atoms with Crippen molar-refractivity contribution in [3.05, 3.63) is 47.0 Å². The maximum Gasteiger partial charge on any atom is 0.145 e. The number of phenolic OH excluding ortho intramolecular Hbond substituents is 1. The zero-order valence-electron chi connectivity index (χ0n) is 11.3. The van der Waals surface area contributed by atoms with Gasteiger partial charge in [0, 0.05) is 12.6 Å². The van der Waals surface area contributed by atoms with Crippen molar-refractivity contribution < 1.29 is 14.6 Å². The third-order valence-corrected chi connectivity index (χ3v) is 3.16. The molecule has 0 aliphatic rings. The lowest BCUT2D eigenvalue weighted by molar-refractivity contribution is 0.395. The molecule has 0 bridgehead atoms. The first-order valence-electron chi connectivity index (χ1n) is 6.07. The van der Waals surface area contributed by atoms with Gasteiger partial charge in [-0.25, -0.2) is 0 Å². The zero-order chi connectivity index (χ0) is 14.5. The summed E-state index contributed by atoms with van der Waals surface area (Å²) in [7, 11) is 3.14. The smallest absolute Gasteiger partial charge is 0.145 e. The largest absolute Gasteiger partial charge is 0.508 e. The van der Waals surface area contributed by atoms with Crippen LogP contribution in [0.4, 0.5) is 5.69 Å². The van der Waals surface area contributed by atoms with Crippen molar-refractivity contribution in [3.8, 4) is 17.2 Å². The lowest BCUT2D eigenvalue weighted by Crippen LogP contribution is -2.02. The molecule has 0 radical (unpaired) electrons. The topological polar surface area (TPSA) is 50.7 Å². The van der Waals surface area contributed by atoms with Crippen molar-refractivity contribution in [3.63, 3.8) is 0 Å². The van der Waals surface area contributed by atoms with Crippen LogP contribution in [0.15, 0.2) is 36.4 Å². The van der Waals surface area contributed by atoms with E-state index in [0.717, 1.165) is 11.3 Å². The molecule has 5 heteroatoms. The molecule has 106 valence electrons. The normalized spacial score (nSPS) is 10.2. The lowest BCUT2D eigenvalue weighted by atomic mass is 10.2. The molecule has 20 heavy (non-hydrogen) atoms. The molecule has 0 fully saturated rings. The standard InChI is InChI=1S/C15H16ClNO3/c1-19-14-8-15(20-2)13(7-12(14)16)17-9-10-4-3-5-11(18)6-10/h3-8,17-18H,9H2,1-2H3. The molecule has 0 atom stereocenters. The number of hydrogen-bond acceptors (Lipinski definition) is 4. The Kier molecular flexibility index (Phi) is 4.58. The van der Waals surface area contributed by atoms with E-state index in [-0.39, 0.29) is 5.75 Å². The van der Waals surface area contributed by atoms with Crippen LogP contribution in [0.25, 0.3) is 0 Å². The van der Waals surface area contributed by atoms with Crippen LogP contribution in [0.1, 0.15) is 5.56 Å². The second kappa shape index (κ2) is 6.39. The summed E-state index contributed by atoms with van der Waals surface area (Å²) in [5.74, 6) is 1.45. The van der Waals surface area contributed by atoms with E-state index in [0.29, 0.717) is 23.1 Å². The van der Waals surface area contributed by atoms with Crippen LogP contribution < -0.4 is 14.8 Å². The fourth-order valence-corrected chi connectivity index (χ4v) is 2.10. The Bertz CT molecular complexity index is 602. The average Bonchev–Trinajstić information content (AvgIpc) is 2.45. The molecule has 0 spiro atoms. The number of halogens is 1. The maximum absolute atomic E-state index is 9.43. The van der Waals surface area contributed by atoms with E-state index < -0.39 is 0 Å².